The average molecular weight is 255 g/mol. The van der Waals surface area contributed by atoms with Crippen LogP contribution in [0.25, 0.3) is 0 Å². The first-order valence-corrected chi connectivity index (χ1v) is 6.09. The Kier molecular flexibility index (Phi) is 3.99. The summed E-state index contributed by atoms with van der Waals surface area (Å²) in [5, 5.41) is 9.29. The van der Waals surface area contributed by atoms with Crippen molar-refractivity contribution in [2.24, 2.45) is 0 Å². The number of carbonyl (C=O) groups is 2. The van der Waals surface area contributed by atoms with Crippen LogP contribution in [0.4, 0.5) is 0 Å². The molecule has 1 aliphatic rings. The maximum absolute atomic E-state index is 11.7. The highest BCUT2D eigenvalue weighted by molar-refractivity contribution is 7.07. The lowest BCUT2D eigenvalue weighted by atomic mass is 10.3. The molecule has 7 nitrogen and oxygen atoms in total. The standard InChI is InChI=1S/C9H13N5O2S/c15-8(14-3-1-10-2-4-14)6-11-9(16)7-5-12-13-17-7/h5,10H,1-4,6H2,(H,11,16). The van der Waals surface area contributed by atoms with Gasteiger partial charge >= 0.3 is 0 Å². The van der Waals surface area contributed by atoms with Crippen LogP contribution in [0.15, 0.2) is 6.20 Å². The molecule has 1 aliphatic heterocycles. The molecule has 0 atom stereocenters. The van der Waals surface area contributed by atoms with E-state index in [4.69, 9.17) is 0 Å². The number of aromatic nitrogens is 2. The molecule has 17 heavy (non-hydrogen) atoms. The molecule has 1 aromatic heterocycles. The highest BCUT2D eigenvalue weighted by Gasteiger charge is 2.17. The number of rotatable bonds is 3. The van der Waals surface area contributed by atoms with Crippen molar-refractivity contribution in [3.63, 3.8) is 0 Å². The van der Waals surface area contributed by atoms with E-state index >= 15 is 0 Å². The average Bonchev–Trinajstić information content (AvgIpc) is 2.90. The zero-order valence-electron chi connectivity index (χ0n) is 9.18. The van der Waals surface area contributed by atoms with Crippen molar-refractivity contribution < 1.29 is 9.59 Å². The second-order valence-electron chi connectivity index (χ2n) is 3.60. The SMILES string of the molecule is O=C(NCC(=O)N1CCNCC1)c1cnns1. The molecule has 0 spiro atoms. The Morgan fingerprint density at radius 2 is 2.24 bits per heavy atom. The van der Waals surface area contributed by atoms with Crippen molar-refractivity contribution >= 4 is 23.3 Å². The molecule has 92 valence electrons. The molecule has 1 fully saturated rings. The van der Waals surface area contributed by atoms with Crippen LogP contribution in [0.1, 0.15) is 9.67 Å². The summed E-state index contributed by atoms with van der Waals surface area (Å²) in [4.78, 5) is 25.4. The molecule has 0 saturated carbocycles. The molecular formula is C9H13N5O2S. The molecule has 2 heterocycles. The van der Waals surface area contributed by atoms with E-state index in [2.05, 4.69) is 20.2 Å². The Morgan fingerprint density at radius 3 is 2.88 bits per heavy atom. The number of hydrogen-bond acceptors (Lipinski definition) is 6. The summed E-state index contributed by atoms with van der Waals surface area (Å²) in [6.07, 6.45) is 1.38. The van der Waals surface area contributed by atoms with Gasteiger partial charge in [0.25, 0.3) is 5.91 Å². The van der Waals surface area contributed by atoms with Crippen LogP contribution in [-0.4, -0.2) is 59.0 Å². The van der Waals surface area contributed by atoms with Gasteiger partial charge in [-0.3, -0.25) is 9.59 Å². The van der Waals surface area contributed by atoms with Crippen molar-refractivity contribution in [3.05, 3.63) is 11.1 Å². The summed E-state index contributed by atoms with van der Waals surface area (Å²) in [6, 6.07) is 0. The molecule has 0 aliphatic carbocycles. The van der Waals surface area contributed by atoms with Gasteiger partial charge in [0.2, 0.25) is 5.91 Å². The molecular weight excluding hydrogens is 242 g/mol. The number of nitrogens with zero attached hydrogens (tertiary/aromatic N) is 3. The normalized spacial score (nSPS) is 15.6. The molecule has 2 amide bonds. The maximum Gasteiger partial charge on any atom is 0.265 e. The van der Waals surface area contributed by atoms with Gasteiger partial charge in [0.05, 0.1) is 12.7 Å². The largest absolute Gasteiger partial charge is 0.342 e. The van der Waals surface area contributed by atoms with Gasteiger partial charge in [-0.2, -0.15) is 0 Å². The van der Waals surface area contributed by atoms with Crippen LogP contribution in [0.2, 0.25) is 0 Å². The van der Waals surface area contributed by atoms with Gasteiger partial charge in [-0.1, -0.05) is 4.49 Å². The molecule has 2 rings (SSSR count). The van der Waals surface area contributed by atoms with Crippen LogP contribution < -0.4 is 10.6 Å². The Balaban J connectivity index is 1.77. The van der Waals surface area contributed by atoms with Gasteiger partial charge in [-0.15, -0.1) is 5.10 Å². The van der Waals surface area contributed by atoms with Crippen molar-refractivity contribution in [1.29, 1.82) is 0 Å². The third kappa shape index (κ3) is 3.21. The second kappa shape index (κ2) is 5.69. The van der Waals surface area contributed by atoms with Gasteiger partial charge in [0.15, 0.2) is 0 Å². The highest BCUT2D eigenvalue weighted by Crippen LogP contribution is 2.01. The molecule has 0 bridgehead atoms. The maximum atomic E-state index is 11.7. The summed E-state index contributed by atoms with van der Waals surface area (Å²) in [7, 11) is 0. The number of amides is 2. The fourth-order valence-electron chi connectivity index (χ4n) is 1.54. The highest BCUT2D eigenvalue weighted by atomic mass is 32.1. The summed E-state index contributed by atoms with van der Waals surface area (Å²) in [5.74, 6) is -0.360. The van der Waals surface area contributed by atoms with Gasteiger partial charge in [0, 0.05) is 26.2 Å². The summed E-state index contributed by atoms with van der Waals surface area (Å²) >= 11 is 1.01. The first kappa shape index (κ1) is 11.9. The van der Waals surface area contributed by atoms with Crippen LogP contribution in [-0.2, 0) is 4.79 Å². The van der Waals surface area contributed by atoms with Crippen molar-refractivity contribution in [3.8, 4) is 0 Å². The predicted octanol–water partition coefficient (Wildman–Crippen LogP) is -1.30. The fraction of sp³-hybridized carbons (Fsp3) is 0.556. The molecule has 0 aromatic carbocycles. The van der Waals surface area contributed by atoms with Crippen LogP contribution in [0.5, 0.6) is 0 Å². The first-order valence-electron chi connectivity index (χ1n) is 5.31. The van der Waals surface area contributed by atoms with Gasteiger partial charge in [-0.25, -0.2) is 0 Å². The molecule has 1 saturated heterocycles. The minimum atomic E-state index is -0.302. The second-order valence-corrected chi connectivity index (χ2v) is 4.38. The van der Waals surface area contributed by atoms with Gasteiger partial charge in [0.1, 0.15) is 4.88 Å². The number of piperazine rings is 1. The molecule has 8 heteroatoms. The van der Waals surface area contributed by atoms with Crippen molar-refractivity contribution in [2.75, 3.05) is 32.7 Å². The van der Waals surface area contributed by atoms with Gasteiger partial charge < -0.3 is 15.5 Å². The summed E-state index contributed by atoms with van der Waals surface area (Å²) in [6.45, 7) is 3.02. The molecule has 0 unspecified atom stereocenters. The number of carbonyl (C=O) groups excluding carboxylic acids is 2. The Labute approximate surface area is 102 Å². The summed E-state index contributed by atoms with van der Waals surface area (Å²) < 4.78 is 3.59. The van der Waals surface area contributed by atoms with E-state index < -0.39 is 0 Å². The lowest BCUT2D eigenvalue weighted by Crippen LogP contribution is -2.49. The quantitative estimate of drug-likeness (QED) is 0.701. The topological polar surface area (TPSA) is 87.2 Å². The lowest BCUT2D eigenvalue weighted by molar-refractivity contribution is -0.130. The zero-order valence-corrected chi connectivity index (χ0v) is 10.00. The third-order valence-electron chi connectivity index (χ3n) is 2.45. The Morgan fingerprint density at radius 1 is 1.47 bits per heavy atom. The van der Waals surface area contributed by atoms with E-state index in [1.54, 1.807) is 4.90 Å². The molecule has 1 aromatic rings. The van der Waals surface area contributed by atoms with Crippen molar-refractivity contribution in [2.45, 2.75) is 0 Å². The van der Waals surface area contributed by atoms with E-state index in [-0.39, 0.29) is 18.4 Å². The predicted molar refractivity (Wildman–Crippen MR) is 61.7 cm³/mol. The Bertz CT molecular complexity index is 388. The van der Waals surface area contributed by atoms with Gasteiger partial charge in [-0.05, 0) is 11.5 Å². The zero-order chi connectivity index (χ0) is 12.1. The van der Waals surface area contributed by atoms with Crippen molar-refractivity contribution in [1.82, 2.24) is 25.1 Å². The molecule has 2 N–H and O–H groups in total. The summed E-state index contributed by atoms with van der Waals surface area (Å²) in [5.41, 5.74) is 0. The van der Waals surface area contributed by atoms with Crippen LogP contribution in [0.3, 0.4) is 0 Å². The van der Waals surface area contributed by atoms with E-state index in [1.807, 2.05) is 0 Å². The van der Waals surface area contributed by atoms with E-state index in [0.29, 0.717) is 18.0 Å². The van der Waals surface area contributed by atoms with E-state index in [1.165, 1.54) is 6.20 Å². The smallest absolute Gasteiger partial charge is 0.265 e. The fourth-order valence-corrected chi connectivity index (χ4v) is 1.97. The molecule has 0 radical (unpaired) electrons. The minimum absolute atomic E-state index is 0.0245. The first-order chi connectivity index (χ1) is 8.27. The van der Waals surface area contributed by atoms with Crippen LogP contribution >= 0.6 is 11.5 Å². The van der Waals surface area contributed by atoms with E-state index in [0.717, 1.165) is 24.6 Å². The number of hydrogen-bond donors (Lipinski definition) is 2. The van der Waals surface area contributed by atoms with Crippen LogP contribution in [0, 0.1) is 0 Å². The number of nitrogens with one attached hydrogen (secondary N) is 2. The monoisotopic (exact) mass is 255 g/mol. The lowest BCUT2D eigenvalue weighted by Gasteiger charge is -2.27. The Hall–Kier alpha value is -1.54. The minimum Gasteiger partial charge on any atom is -0.342 e. The van der Waals surface area contributed by atoms with E-state index in [9.17, 15) is 9.59 Å². The third-order valence-corrected chi connectivity index (χ3v) is 3.12.